The van der Waals surface area contributed by atoms with Crippen LogP contribution in [0.2, 0.25) is 0 Å². The molecule has 0 spiro atoms. The Labute approximate surface area is 328 Å². The van der Waals surface area contributed by atoms with Gasteiger partial charge in [0.2, 0.25) is 0 Å². The summed E-state index contributed by atoms with van der Waals surface area (Å²) in [5, 5.41) is 0. The van der Waals surface area contributed by atoms with Crippen LogP contribution < -0.4 is 0 Å². The van der Waals surface area contributed by atoms with Crippen LogP contribution in [0.3, 0.4) is 0 Å². The van der Waals surface area contributed by atoms with Crippen molar-refractivity contribution < 1.29 is 0 Å². The first-order chi connectivity index (χ1) is 26.2. The van der Waals surface area contributed by atoms with Crippen LogP contribution in [-0.4, -0.2) is 46.1 Å². The van der Waals surface area contributed by atoms with Crippen molar-refractivity contribution in [3.05, 3.63) is 0 Å². The highest BCUT2D eigenvalue weighted by molar-refractivity contribution is 5.12. The Morgan fingerprint density at radius 3 is 1.15 bits per heavy atom. The Hall–Kier alpha value is -0.0800. The number of nitrogens with zero attached hydrogens (tertiary/aromatic N) is 2. The second-order valence-electron chi connectivity index (χ2n) is 22.7. The minimum absolute atomic E-state index is 0.904. The van der Waals surface area contributed by atoms with Crippen LogP contribution in [0, 0.1) is 65.1 Å². The molecule has 10 rings (SSSR count). The van der Waals surface area contributed by atoms with Gasteiger partial charge in [0.25, 0.3) is 0 Å². The monoisotopic (exact) mass is 727 g/mol. The minimum Gasteiger partial charge on any atom is -0.294 e. The number of rotatable bonds is 6. The summed E-state index contributed by atoms with van der Waals surface area (Å²) >= 11 is 0. The first-order valence-corrected chi connectivity index (χ1v) is 25.8. The summed E-state index contributed by atoms with van der Waals surface area (Å²) in [6.45, 7) is 2.60. The minimum atomic E-state index is 0.904. The third kappa shape index (κ3) is 7.21. The van der Waals surface area contributed by atoms with Crippen molar-refractivity contribution in [2.45, 2.75) is 255 Å². The summed E-state index contributed by atoms with van der Waals surface area (Å²) in [7, 11) is 0. The first kappa shape index (κ1) is 37.2. The number of hydrogen-bond acceptors (Lipinski definition) is 2. The lowest BCUT2D eigenvalue weighted by Gasteiger charge is -2.66. The normalized spacial score (nSPS) is 49.6. The third-order valence-electron chi connectivity index (χ3n) is 20.3. The summed E-state index contributed by atoms with van der Waals surface area (Å²) in [6.07, 6.45) is 51.5. The largest absolute Gasteiger partial charge is 0.294 e. The van der Waals surface area contributed by atoms with Crippen LogP contribution in [0.4, 0.5) is 0 Å². The molecule has 0 aromatic carbocycles. The quantitative estimate of drug-likeness (QED) is 0.269. The molecule has 0 heterocycles. The van der Waals surface area contributed by atoms with Gasteiger partial charge >= 0.3 is 0 Å². The SMILES string of the molecule is CC1CCC(N(C2CCCC3CCCCC32)C2C3CCCCC3CC3C2CC2CCCCC2C3N(C2CCCCC2)C2CCCC3CCCCC32)CC1. The van der Waals surface area contributed by atoms with Crippen LogP contribution in [0.15, 0.2) is 0 Å². The van der Waals surface area contributed by atoms with E-state index in [0.29, 0.717) is 0 Å². The zero-order chi connectivity index (χ0) is 35.3. The molecule has 0 amide bonds. The molecule has 0 bridgehead atoms. The second-order valence-corrected chi connectivity index (χ2v) is 22.7. The van der Waals surface area contributed by atoms with Crippen molar-refractivity contribution >= 4 is 0 Å². The van der Waals surface area contributed by atoms with Crippen LogP contribution in [0.5, 0.6) is 0 Å². The van der Waals surface area contributed by atoms with E-state index in [0.717, 1.165) is 101 Å². The molecule has 0 aromatic heterocycles. The zero-order valence-electron chi connectivity index (χ0n) is 35.0. The first-order valence-electron chi connectivity index (χ1n) is 25.8. The van der Waals surface area contributed by atoms with E-state index in [4.69, 9.17) is 0 Å². The molecule has 2 nitrogen and oxygen atoms in total. The van der Waals surface area contributed by atoms with Crippen molar-refractivity contribution in [2.75, 3.05) is 0 Å². The highest BCUT2D eigenvalue weighted by Gasteiger charge is 2.60. The summed E-state index contributed by atoms with van der Waals surface area (Å²) < 4.78 is 0. The molecular weight excluding hydrogens is 641 g/mol. The molecule has 300 valence electrons. The molecule has 10 fully saturated rings. The molecule has 2 heteroatoms. The molecule has 10 aliphatic rings. The number of fused-ring (bicyclic) bond motifs is 5. The highest BCUT2D eigenvalue weighted by atomic mass is 15.3. The molecule has 0 radical (unpaired) electrons. The average molecular weight is 727 g/mol. The van der Waals surface area contributed by atoms with Gasteiger partial charge in [-0.2, -0.15) is 0 Å². The smallest absolute Gasteiger partial charge is 0.0164 e. The van der Waals surface area contributed by atoms with Crippen molar-refractivity contribution in [3.63, 3.8) is 0 Å². The Kier molecular flexibility index (Phi) is 11.7. The molecular formula is C51H86N2. The fraction of sp³-hybridized carbons (Fsp3) is 1.00. The lowest BCUT2D eigenvalue weighted by Crippen LogP contribution is -2.69. The Bertz CT molecular complexity index is 1160. The molecule has 0 N–H and O–H groups in total. The fourth-order valence-corrected chi connectivity index (χ4v) is 18.3. The lowest BCUT2D eigenvalue weighted by molar-refractivity contribution is -0.166. The standard InChI is InChI=1S/C51H86N2/c1-35-29-31-41(32-30-35)53(49-28-14-20-37-16-6-10-24-43(37)49)51-45-26-12-8-18-39(45)33-46-47(51)34-38-17-7-11-25-44(38)50(46)52(40-21-3-2-4-22-40)48-27-13-19-36-15-5-9-23-42(36)48/h35-51H,2-34H2,1H3. The van der Waals surface area contributed by atoms with Crippen molar-refractivity contribution in [1.82, 2.24) is 9.80 Å². The van der Waals surface area contributed by atoms with E-state index < -0.39 is 0 Å². The summed E-state index contributed by atoms with van der Waals surface area (Å²) in [5.74, 6) is 11.3. The molecule has 10 aliphatic carbocycles. The molecule has 14 unspecified atom stereocenters. The maximum Gasteiger partial charge on any atom is 0.0164 e. The van der Waals surface area contributed by atoms with Gasteiger partial charge < -0.3 is 0 Å². The maximum atomic E-state index is 3.61. The van der Waals surface area contributed by atoms with E-state index in [-0.39, 0.29) is 0 Å². The maximum absolute atomic E-state index is 3.61. The Balaban J connectivity index is 1.08. The molecule has 0 aliphatic heterocycles. The van der Waals surface area contributed by atoms with Gasteiger partial charge in [-0.1, -0.05) is 129 Å². The summed E-state index contributed by atoms with van der Waals surface area (Å²) in [6, 6.07) is 5.54. The van der Waals surface area contributed by atoms with Gasteiger partial charge in [0, 0.05) is 36.3 Å². The van der Waals surface area contributed by atoms with Crippen molar-refractivity contribution in [2.24, 2.45) is 65.1 Å². The third-order valence-corrected chi connectivity index (χ3v) is 20.3. The fourth-order valence-electron chi connectivity index (χ4n) is 18.3. The van der Waals surface area contributed by atoms with Crippen molar-refractivity contribution in [1.29, 1.82) is 0 Å². The van der Waals surface area contributed by atoms with E-state index in [1.165, 1.54) is 44.9 Å². The average Bonchev–Trinajstić information content (AvgIpc) is 3.22. The second kappa shape index (κ2) is 16.6. The van der Waals surface area contributed by atoms with Gasteiger partial charge in [-0.05, 0) is 155 Å². The van der Waals surface area contributed by atoms with Gasteiger partial charge in [0.15, 0.2) is 0 Å². The van der Waals surface area contributed by atoms with Crippen LogP contribution in [0.1, 0.15) is 219 Å². The Morgan fingerprint density at radius 2 is 0.660 bits per heavy atom. The lowest BCUT2D eigenvalue weighted by atomic mass is 9.49. The summed E-state index contributed by atoms with van der Waals surface area (Å²) in [4.78, 5) is 7.21. The predicted molar refractivity (Wildman–Crippen MR) is 223 cm³/mol. The van der Waals surface area contributed by atoms with E-state index in [9.17, 15) is 0 Å². The van der Waals surface area contributed by atoms with Crippen LogP contribution >= 0.6 is 0 Å². The van der Waals surface area contributed by atoms with Gasteiger partial charge in [-0.15, -0.1) is 0 Å². The van der Waals surface area contributed by atoms with E-state index in [1.807, 2.05) is 0 Å². The topological polar surface area (TPSA) is 6.48 Å². The van der Waals surface area contributed by atoms with Crippen LogP contribution in [0.25, 0.3) is 0 Å². The Morgan fingerprint density at radius 1 is 0.283 bits per heavy atom. The summed E-state index contributed by atoms with van der Waals surface area (Å²) in [5.41, 5.74) is 0. The molecule has 14 atom stereocenters. The molecule has 10 saturated carbocycles. The zero-order valence-corrected chi connectivity index (χ0v) is 35.0. The molecule has 0 aromatic rings. The van der Waals surface area contributed by atoms with Crippen LogP contribution in [-0.2, 0) is 0 Å². The predicted octanol–water partition coefficient (Wildman–Crippen LogP) is 13.6. The molecule has 0 saturated heterocycles. The van der Waals surface area contributed by atoms with Gasteiger partial charge in [0.05, 0.1) is 0 Å². The highest BCUT2D eigenvalue weighted by Crippen LogP contribution is 2.61. The van der Waals surface area contributed by atoms with Crippen molar-refractivity contribution in [3.8, 4) is 0 Å². The number of hydrogen-bond donors (Lipinski definition) is 0. The van der Waals surface area contributed by atoms with E-state index >= 15 is 0 Å². The van der Waals surface area contributed by atoms with Gasteiger partial charge in [-0.25, -0.2) is 0 Å². The van der Waals surface area contributed by atoms with E-state index in [1.54, 1.807) is 167 Å². The van der Waals surface area contributed by atoms with E-state index in [2.05, 4.69) is 16.7 Å². The van der Waals surface area contributed by atoms with Gasteiger partial charge in [0.1, 0.15) is 0 Å². The molecule has 53 heavy (non-hydrogen) atoms. The van der Waals surface area contributed by atoms with Gasteiger partial charge in [-0.3, -0.25) is 9.80 Å².